The van der Waals surface area contributed by atoms with Gasteiger partial charge in [-0.2, -0.15) is 0 Å². The van der Waals surface area contributed by atoms with E-state index in [2.05, 4.69) is 12.2 Å². The van der Waals surface area contributed by atoms with Crippen molar-refractivity contribution in [2.24, 2.45) is 5.92 Å². The summed E-state index contributed by atoms with van der Waals surface area (Å²) < 4.78 is 0. The van der Waals surface area contributed by atoms with Crippen LogP contribution in [0.1, 0.15) is 39.5 Å². The van der Waals surface area contributed by atoms with E-state index in [9.17, 15) is 14.4 Å². The Bertz CT molecular complexity index is 357. The van der Waals surface area contributed by atoms with Crippen LogP contribution in [0, 0.1) is 5.92 Å². The van der Waals surface area contributed by atoms with E-state index in [0.29, 0.717) is 13.1 Å². The van der Waals surface area contributed by atoms with Gasteiger partial charge in [0.05, 0.1) is 6.42 Å². The standard InChI is InChI=1S/C13H22N2O4/c1-3-4-5-9(2)13(19)15-7-6-14-12(18)10(15)8-11(16)17/h9-10H,3-8H2,1-2H3,(H,14,18)(H,16,17). The minimum absolute atomic E-state index is 0.116. The zero-order chi connectivity index (χ0) is 14.4. The lowest BCUT2D eigenvalue weighted by molar-refractivity contribution is -0.150. The van der Waals surface area contributed by atoms with Crippen LogP contribution in [-0.2, 0) is 14.4 Å². The van der Waals surface area contributed by atoms with Gasteiger partial charge in [0, 0.05) is 19.0 Å². The first kappa shape index (κ1) is 15.5. The number of carboxylic acid groups (broad SMARTS) is 1. The van der Waals surface area contributed by atoms with Crippen molar-refractivity contribution in [3.8, 4) is 0 Å². The van der Waals surface area contributed by atoms with E-state index in [0.717, 1.165) is 19.3 Å². The molecule has 0 aromatic heterocycles. The molecule has 2 N–H and O–H groups in total. The van der Waals surface area contributed by atoms with E-state index < -0.39 is 12.0 Å². The smallest absolute Gasteiger partial charge is 0.305 e. The quantitative estimate of drug-likeness (QED) is 0.740. The monoisotopic (exact) mass is 270 g/mol. The highest BCUT2D eigenvalue weighted by Gasteiger charge is 2.35. The Labute approximate surface area is 113 Å². The average Bonchev–Trinajstić information content (AvgIpc) is 2.37. The Morgan fingerprint density at radius 2 is 2.21 bits per heavy atom. The Morgan fingerprint density at radius 3 is 2.79 bits per heavy atom. The predicted octanol–water partition coefficient (Wildman–Crippen LogP) is 0.614. The molecule has 0 aromatic carbocycles. The molecule has 0 bridgehead atoms. The summed E-state index contributed by atoms with van der Waals surface area (Å²) in [5, 5.41) is 11.5. The number of carbonyl (C=O) groups is 3. The van der Waals surface area contributed by atoms with Crippen LogP contribution in [0.5, 0.6) is 0 Å². The van der Waals surface area contributed by atoms with Gasteiger partial charge >= 0.3 is 5.97 Å². The highest BCUT2D eigenvalue weighted by Crippen LogP contribution is 2.17. The molecule has 108 valence electrons. The van der Waals surface area contributed by atoms with E-state index in [4.69, 9.17) is 5.11 Å². The maximum Gasteiger partial charge on any atom is 0.305 e. The van der Waals surface area contributed by atoms with Crippen LogP contribution < -0.4 is 5.32 Å². The van der Waals surface area contributed by atoms with Gasteiger partial charge in [-0.1, -0.05) is 26.7 Å². The molecule has 6 nitrogen and oxygen atoms in total. The van der Waals surface area contributed by atoms with Gasteiger partial charge in [0.1, 0.15) is 6.04 Å². The molecule has 19 heavy (non-hydrogen) atoms. The highest BCUT2D eigenvalue weighted by molar-refractivity contribution is 5.92. The summed E-state index contributed by atoms with van der Waals surface area (Å²) in [5.41, 5.74) is 0. The molecule has 0 radical (unpaired) electrons. The van der Waals surface area contributed by atoms with Crippen LogP contribution in [0.15, 0.2) is 0 Å². The summed E-state index contributed by atoms with van der Waals surface area (Å²) in [7, 11) is 0. The number of nitrogens with zero attached hydrogens (tertiary/aromatic N) is 1. The van der Waals surface area contributed by atoms with Crippen molar-refractivity contribution in [1.82, 2.24) is 10.2 Å². The van der Waals surface area contributed by atoms with Crippen LogP contribution in [-0.4, -0.2) is 46.9 Å². The van der Waals surface area contributed by atoms with Gasteiger partial charge in [-0.3, -0.25) is 14.4 Å². The summed E-state index contributed by atoms with van der Waals surface area (Å²) in [5.74, 6) is -1.72. The normalized spacial score (nSPS) is 20.8. The third-order valence-corrected chi connectivity index (χ3v) is 3.39. The summed E-state index contributed by atoms with van der Waals surface area (Å²) in [6, 6.07) is -0.872. The fourth-order valence-corrected chi connectivity index (χ4v) is 2.26. The Balaban J connectivity index is 2.73. The first-order valence-corrected chi connectivity index (χ1v) is 6.77. The number of unbranched alkanes of at least 4 members (excludes halogenated alkanes) is 1. The number of piperazine rings is 1. The minimum Gasteiger partial charge on any atom is -0.481 e. The number of rotatable bonds is 6. The highest BCUT2D eigenvalue weighted by atomic mass is 16.4. The second-order valence-electron chi connectivity index (χ2n) is 4.98. The first-order chi connectivity index (χ1) is 8.97. The van der Waals surface area contributed by atoms with Crippen molar-refractivity contribution in [2.75, 3.05) is 13.1 Å². The molecule has 1 heterocycles. The lowest BCUT2D eigenvalue weighted by Crippen LogP contribution is -2.58. The van der Waals surface area contributed by atoms with Gasteiger partial charge in [0.2, 0.25) is 11.8 Å². The van der Waals surface area contributed by atoms with Gasteiger partial charge in [0.15, 0.2) is 0 Å². The van der Waals surface area contributed by atoms with E-state index in [-0.39, 0.29) is 24.2 Å². The van der Waals surface area contributed by atoms with Gasteiger partial charge in [-0.05, 0) is 6.42 Å². The number of hydrogen-bond acceptors (Lipinski definition) is 3. The maximum absolute atomic E-state index is 12.3. The van der Waals surface area contributed by atoms with E-state index >= 15 is 0 Å². The van der Waals surface area contributed by atoms with Gasteiger partial charge in [0.25, 0.3) is 0 Å². The third-order valence-electron chi connectivity index (χ3n) is 3.39. The molecule has 0 aromatic rings. The fourth-order valence-electron chi connectivity index (χ4n) is 2.26. The van der Waals surface area contributed by atoms with Gasteiger partial charge in [-0.25, -0.2) is 0 Å². The Kier molecular flexibility index (Phi) is 5.79. The van der Waals surface area contributed by atoms with Crippen LogP contribution in [0.3, 0.4) is 0 Å². The van der Waals surface area contributed by atoms with Gasteiger partial charge < -0.3 is 15.3 Å². The molecule has 1 aliphatic heterocycles. The molecule has 2 atom stereocenters. The molecule has 1 fully saturated rings. The number of aliphatic carboxylic acids is 1. The zero-order valence-electron chi connectivity index (χ0n) is 11.5. The van der Waals surface area contributed by atoms with Crippen molar-refractivity contribution in [3.63, 3.8) is 0 Å². The molecule has 1 rings (SSSR count). The summed E-state index contributed by atoms with van der Waals surface area (Å²) >= 11 is 0. The van der Waals surface area contributed by atoms with E-state index in [1.807, 2.05) is 6.92 Å². The summed E-state index contributed by atoms with van der Waals surface area (Å²) in [4.78, 5) is 36.2. The molecule has 2 amide bonds. The molecule has 0 aliphatic carbocycles. The Hall–Kier alpha value is -1.59. The van der Waals surface area contributed by atoms with Crippen LogP contribution in [0.25, 0.3) is 0 Å². The topological polar surface area (TPSA) is 86.7 Å². The minimum atomic E-state index is -1.07. The molecule has 1 aliphatic rings. The first-order valence-electron chi connectivity index (χ1n) is 6.77. The number of carboxylic acids is 1. The van der Waals surface area contributed by atoms with Crippen molar-refractivity contribution in [2.45, 2.75) is 45.6 Å². The molecule has 1 saturated heterocycles. The van der Waals surface area contributed by atoms with Crippen molar-refractivity contribution in [3.05, 3.63) is 0 Å². The largest absolute Gasteiger partial charge is 0.481 e. The molecule has 6 heteroatoms. The average molecular weight is 270 g/mol. The summed E-state index contributed by atoms with van der Waals surface area (Å²) in [6.07, 6.45) is 2.40. The number of amides is 2. The predicted molar refractivity (Wildman–Crippen MR) is 69.5 cm³/mol. The SMILES string of the molecule is CCCCC(C)C(=O)N1CCNC(=O)C1CC(=O)O. The van der Waals surface area contributed by atoms with Crippen molar-refractivity contribution >= 4 is 17.8 Å². The summed E-state index contributed by atoms with van der Waals surface area (Å²) in [6.45, 7) is 4.67. The number of nitrogens with one attached hydrogen (secondary N) is 1. The molecule has 2 unspecified atom stereocenters. The molecular weight excluding hydrogens is 248 g/mol. The van der Waals surface area contributed by atoms with Gasteiger partial charge in [-0.15, -0.1) is 0 Å². The maximum atomic E-state index is 12.3. The van der Waals surface area contributed by atoms with Crippen LogP contribution >= 0.6 is 0 Å². The molecular formula is C13H22N2O4. The lowest BCUT2D eigenvalue weighted by Gasteiger charge is -2.35. The second-order valence-corrected chi connectivity index (χ2v) is 4.98. The number of hydrogen-bond donors (Lipinski definition) is 2. The third kappa shape index (κ3) is 4.22. The van der Waals surface area contributed by atoms with E-state index in [1.165, 1.54) is 4.90 Å². The van der Waals surface area contributed by atoms with Crippen molar-refractivity contribution < 1.29 is 19.5 Å². The number of carbonyl (C=O) groups excluding carboxylic acids is 2. The molecule has 0 saturated carbocycles. The fraction of sp³-hybridized carbons (Fsp3) is 0.769. The Morgan fingerprint density at radius 1 is 1.53 bits per heavy atom. The zero-order valence-corrected chi connectivity index (χ0v) is 11.5. The lowest BCUT2D eigenvalue weighted by atomic mass is 10.00. The second kappa shape index (κ2) is 7.11. The van der Waals surface area contributed by atoms with E-state index in [1.54, 1.807) is 0 Å². The van der Waals surface area contributed by atoms with Crippen LogP contribution in [0.2, 0.25) is 0 Å². The molecule has 0 spiro atoms. The van der Waals surface area contributed by atoms with Crippen LogP contribution in [0.4, 0.5) is 0 Å². The van der Waals surface area contributed by atoms with Crippen molar-refractivity contribution in [1.29, 1.82) is 0 Å².